The smallest absolute Gasteiger partial charge is 0.261 e. The second-order valence-corrected chi connectivity index (χ2v) is 7.69. The van der Waals surface area contributed by atoms with E-state index in [9.17, 15) is 17.6 Å². The Morgan fingerprint density at radius 2 is 1.59 bits per heavy atom. The zero-order valence-electron chi connectivity index (χ0n) is 13.8. The standard InChI is InChI=1S/C19H14ClFN2O3S/c20-14-8-6-13(7-9-14)19(24)22-18-11-10-16(12-17(18)21)27(25,26)23-15-4-2-1-3-5-15/h1-12,23H,(H,22,24). The molecule has 138 valence electrons. The molecular formula is C19H14ClFN2O3S. The summed E-state index contributed by atoms with van der Waals surface area (Å²) in [6.07, 6.45) is 0. The van der Waals surface area contributed by atoms with Gasteiger partial charge in [0.1, 0.15) is 5.82 Å². The first-order valence-electron chi connectivity index (χ1n) is 7.79. The van der Waals surface area contributed by atoms with Gasteiger partial charge in [-0.15, -0.1) is 0 Å². The number of benzene rings is 3. The van der Waals surface area contributed by atoms with Crippen molar-refractivity contribution in [3.63, 3.8) is 0 Å². The van der Waals surface area contributed by atoms with Gasteiger partial charge in [0.25, 0.3) is 15.9 Å². The largest absolute Gasteiger partial charge is 0.319 e. The number of halogens is 2. The predicted molar refractivity (Wildman–Crippen MR) is 103 cm³/mol. The highest BCUT2D eigenvalue weighted by Crippen LogP contribution is 2.22. The molecule has 2 N–H and O–H groups in total. The summed E-state index contributed by atoms with van der Waals surface area (Å²) >= 11 is 5.77. The zero-order chi connectivity index (χ0) is 19.4. The van der Waals surface area contributed by atoms with Crippen LogP contribution >= 0.6 is 11.6 Å². The van der Waals surface area contributed by atoms with E-state index in [-0.39, 0.29) is 10.6 Å². The molecule has 0 aromatic heterocycles. The Labute approximate surface area is 160 Å². The Hall–Kier alpha value is -2.90. The van der Waals surface area contributed by atoms with Gasteiger partial charge in [0, 0.05) is 16.3 Å². The lowest BCUT2D eigenvalue weighted by molar-refractivity contribution is 0.102. The lowest BCUT2D eigenvalue weighted by atomic mass is 10.2. The van der Waals surface area contributed by atoms with Gasteiger partial charge in [-0.2, -0.15) is 0 Å². The molecule has 0 heterocycles. The molecule has 0 bridgehead atoms. The number of hydrogen-bond acceptors (Lipinski definition) is 3. The van der Waals surface area contributed by atoms with E-state index in [4.69, 9.17) is 11.6 Å². The SMILES string of the molecule is O=C(Nc1ccc(S(=O)(=O)Nc2ccccc2)cc1F)c1ccc(Cl)cc1. The molecule has 0 spiro atoms. The van der Waals surface area contributed by atoms with Crippen LogP contribution < -0.4 is 10.0 Å². The molecular weight excluding hydrogens is 391 g/mol. The Bertz CT molecular complexity index is 1070. The Kier molecular flexibility index (Phi) is 5.43. The molecule has 1 amide bonds. The van der Waals surface area contributed by atoms with Gasteiger partial charge in [0.15, 0.2) is 0 Å². The van der Waals surface area contributed by atoms with Gasteiger partial charge in [-0.25, -0.2) is 12.8 Å². The molecule has 8 heteroatoms. The molecule has 0 atom stereocenters. The third-order valence-electron chi connectivity index (χ3n) is 3.63. The second kappa shape index (κ2) is 7.77. The molecule has 0 aliphatic rings. The minimum atomic E-state index is -3.96. The van der Waals surface area contributed by atoms with Gasteiger partial charge in [-0.05, 0) is 54.6 Å². The maximum atomic E-state index is 14.3. The summed E-state index contributed by atoms with van der Waals surface area (Å²) in [7, 11) is -3.96. The van der Waals surface area contributed by atoms with Gasteiger partial charge in [0.05, 0.1) is 10.6 Å². The Morgan fingerprint density at radius 1 is 0.926 bits per heavy atom. The molecule has 3 aromatic rings. The van der Waals surface area contributed by atoms with Crippen molar-refractivity contribution in [1.29, 1.82) is 0 Å². The maximum Gasteiger partial charge on any atom is 0.261 e. The Balaban J connectivity index is 1.79. The minimum absolute atomic E-state index is 0.131. The fraction of sp³-hybridized carbons (Fsp3) is 0. The van der Waals surface area contributed by atoms with Crippen molar-refractivity contribution in [3.05, 3.63) is 89.2 Å². The maximum absolute atomic E-state index is 14.3. The molecule has 0 radical (unpaired) electrons. The summed E-state index contributed by atoms with van der Waals surface area (Å²) in [5.74, 6) is -1.41. The van der Waals surface area contributed by atoms with Crippen LogP contribution in [0.5, 0.6) is 0 Å². The number of carbonyl (C=O) groups excluding carboxylic acids is 1. The van der Waals surface area contributed by atoms with Crippen molar-refractivity contribution in [2.45, 2.75) is 4.90 Å². The summed E-state index contributed by atoms with van der Waals surface area (Å²) in [5, 5.41) is 2.87. The van der Waals surface area contributed by atoms with E-state index in [1.807, 2.05) is 0 Å². The summed E-state index contributed by atoms with van der Waals surface area (Å²) < 4.78 is 41.4. The molecule has 5 nitrogen and oxygen atoms in total. The van der Waals surface area contributed by atoms with Gasteiger partial charge in [-0.3, -0.25) is 9.52 Å². The molecule has 3 aromatic carbocycles. The van der Waals surface area contributed by atoms with Crippen molar-refractivity contribution in [2.75, 3.05) is 10.0 Å². The van der Waals surface area contributed by atoms with Crippen molar-refractivity contribution in [1.82, 2.24) is 0 Å². The third kappa shape index (κ3) is 4.64. The normalized spacial score (nSPS) is 11.0. The average molecular weight is 405 g/mol. The Morgan fingerprint density at radius 3 is 2.22 bits per heavy atom. The molecule has 27 heavy (non-hydrogen) atoms. The van der Waals surface area contributed by atoms with E-state index in [2.05, 4.69) is 10.0 Å². The molecule has 0 saturated carbocycles. The topological polar surface area (TPSA) is 75.3 Å². The predicted octanol–water partition coefficient (Wildman–Crippen LogP) is 4.53. The summed E-state index contributed by atoms with van der Waals surface area (Å²) in [5.41, 5.74) is 0.521. The summed E-state index contributed by atoms with van der Waals surface area (Å²) in [4.78, 5) is 11.9. The molecule has 0 aliphatic carbocycles. The number of nitrogens with one attached hydrogen (secondary N) is 2. The highest BCUT2D eigenvalue weighted by Gasteiger charge is 2.17. The highest BCUT2D eigenvalue weighted by atomic mass is 35.5. The van der Waals surface area contributed by atoms with Crippen LogP contribution in [0.1, 0.15) is 10.4 Å². The number of hydrogen-bond donors (Lipinski definition) is 2. The number of carbonyl (C=O) groups is 1. The van der Waals surface area contributed by atoms with Crippen LogP contribution in [-0.4, -0.2) is 14.3 Å². The van der Waals surface area contributed by atoms with Crippen molar-refractivity contribution in [2.24, 2.45) is 0 Å². The highest BCUT2D eigenvalue weighted by molar-refractivity contribution is 7.92. The van der Waals surface area contributed by atoms with Crippen molar-refractivity contribution >= 4 is 38.9 Å². The molecule has 0 aliphatic heterocycles. The summed E-state index contributed by atoms with van der Waals surface area (Å²) in [6, 6.07) is 17.6. The lowest BCUT2D eigenvalue weighted by Gasteiger charge is -2.10. The fourth-order valence-electron chi connectivity index (χ4n) is 2.28. The van der Waals surface area contributed by atoms with Crippen molar-refractivity contribution in [3.8, 4) is 0 Å². The number of para-hydroxylation sites is 1. The molecule has 0 fully saturated rings. The van der Waals surface area contributed by atoms with E-state index >= 15 is 0 Å². The third-order valence-corrected chi connectivity index (χ3v) is 5.26. The number of rotatable bonds is 5. The zero-order valence-corrected chi connectivity index (χ0v) is 15.4. The first-order valence-corrected chi connectivity index (χ1v) is 9.65. The van der Waals surface area contributed by atoms with Crippen LogP contribution in [0, 0.1) is 5.82 Å². The second-order valence-electron chi connectivity index (χ2n) is 5.57. The van der Waals surface area contributed by atoms with Gasteiger partial charge < -0.3 is 5.32 Å². The van der Waals surface area contributed by atoms with Gasteiger partial charge in [-0.1, -0.05) is 29.8 Å². The van der Waals surface area contributed by atoms with E-state index < -0.39 is 21.7 Å². The molecule has 0 saturated heterocycles. The molecule has 3 rings (SSSR count). The number of anilines is 2. The average Bonchev–Trinajstić information content (AvgIpc) is 2.64. The van der Waals surface area contributed by atoms with Crippen LogP contribution in [0.25, 0.3) is 0 Å². The van der Waals surface area contributed by atoms with Crippen LogP contribution in [0.4, 0.5) is 15.8 Å². The van der Waals surface area contributed by atoms with Crippen LogP contribution in [-0.2, 0) is 10.0 Å². The van der Waals surface area contributed by atoms with E-state index in [1.54, 1.807) is 30.3 Å². The lowest BCUT2D eigenvalue weighted by Crippen LogP contribution is -2.15. The minimum Gasteiger partial charge on any atom is -0.319 e. The molecule has 0 unspecified atom stereocenters. The fourth-order valence-corrected chi connectivity index (χ4v) is 3.48. The van der Waals surface area contributed by atoms with E-state index in [0.29, 0.717) is 16.3 Å². The number of amides is 1. The number of sulfonamides is 1. The van der Waals surface area contributed by atoms with Crippen LogP contribution in [0.15, 0.2) is 77.7 Å². The van der Waals surface area contributed by atoms with Gasteiger partial charge in [0.2, 0.25) is 0 Å². The van der Waals surface area contributed by atoms with Crippen LogP contribution in [0.2, 0.25) is 5.02 Å². The van der Waals surface area contributed by atoms with E-state index in [1.165, 1.54) is 36.4 Å². The monoisotopic (exact) mass is 404 g/mol. The first-order chi connectivity index (χ1) is 12.8. The van der Waals surface area contributed by atoms with Crippen LogP contribution in [0.3, 0.4) is 0 Å². The van der Waals surface area contributed by atoms with E-state index in [0.717, 1.165) is 6.07 Å². The first kappa shape index (κ1) is 18.9. The van der Waals surface area contributed by atoms with Crippen molar-refractivity contribution < 1.29 is 17.6 Å². The van der Waals surface area contributed by atoms with Gasteiger partial charge >= 0.3 is 0 Å². The summed E-state index contributed by atoms with van der Waals surface area (Å²) in [6.45, 7) is 0. The quantitative estimate of drug-likeness (QED) is 0.655.